The number of anilines is 1. The molecule has 0 saturated heterocycles. The molecule has 0 aliphatic heterocycles. The van der Waals surface area contributed by atoms with E-state index in [2.05, 4.69) is 39.1 Å². The molecule has 0 bridgehead atoms. The van der Waals surface area contributed by atoms with Crippen LogP contribution in [0.15, 0.2) is 59.8 Å². The third-order valence-electron chi connectivity index (χ3n) is 3.28. The van der Waals surface area contributed by atoms with Gasteiger partial charge < -0.3 is 5.32 Å². The maximum atomic E-state index is 5.92. The lowest BCUT2D eigenvalue weighted by atomic mass is 10.3. The average molecular weight is 345 g/mol. The first-order chi connectivity index (χ1) is 11.3. The maximum Gasteiger partial charge on any atom is 0.195 e. The number of nitrogens with one attached hydrogen (secondary N) is 1. The smallest absolute Gasteiger partial charge is 0.195 e. The predicted octanol–water partition coefficient (Wildman–Crippen LogP) is 4.64. The van der Waals surface area contributed by atoms with Gasteiger partial charge in [0.1, 0.15) is 0 Å². The minimum atomic E-state index is 0.591. The Kier molecular flexibility index (Phi) is 5.20. The van der Waals surface area contributed by atoms with Gasteiger partial charge in [-0.25, -0.2) is 0 Å². The molecule has 2 aromatic carbocycles. The number of aromatic nitrogens is 3. The fraction of sp³-hybridized carbons (Fsp3) is 0.176. The molecule has 4 nitrogen and oxygen atoms in total. The molecular weight excluding hydrogens is 328 g/mol. The fourth-order valence-electron chi connectivity index (χ4n) is 2.22. The van der Waals surface area contributed by atoms with Gasteiger partial charge in [-0.1, -0.05) is 48.5 Å². The first-order valence-corrected chi connectivity index (χ1v) is 8.76. The summed E-state index contributed by atoms with van der Waals surface area (Å²) < 4.78 is 2.09. The summed E-state index contributed by atoms with van der Waals surface area (Å²) in [5.74, 6) is 1.83. The number of nitrogens with zero attached hydrogens (tertiary/aromatic N) is 3. The van der Waals surface area contributed by atoms with Gasteiger partial charge in [-0.3, -0.25) is 4.57 Å². The van der Waals surface area contributed by atoms with E-state index in [0.29, 0.717) is 6.54 Å². The number of hydrogen-bond donors (Lipinski definition) is 1. The van der Waals surface area contributed by atoms with Gasteiger partial charge in [-0.2, -0.15) is 0 Å². The molecule has 1 N–H and O–H groups in total. The standard InChI is InChI=1S/C17H17ClN4S/c1-2-23-17-21-20-16(22(17)15-6-4-3-5-7-15)12-19-14-10-8-13(18)9-11-14/h3-11,19H,2,12H2,1H3. The van der Waals surface area contributed by atoms with Gasteiger partial charge in [-0.15, -0.1) is 10.2 Å². The fourth-order valence-corrected chi connectivity index (χ4v) is 3.05. The van der Waals surface area contributed by atoms with Crippen molar-refractivity contribution in [2.75, 3.05) is 11.1 Å². The molecule has 3 rings (SSSR count). The van der Waals surface area contributed by atoms with Crippen LogP contribution >= 0.6 is 23.4 Å². The monoisotopic (exact) mass is 344 g/mol. The molecule has 0 fully saturated rings. The first kappa shape index (κ1) is 15.9. The zero-order chi connectivity index (χ0) is 16.1. The van der Waals surface area contributed by atoms with Crippen LogP contribution in [0, 0.1) is 0 Å². The van der Waals surface area contributed by atoms with Crippen LogP contribution in [0.1, 0.15) is 12.7 Å². The van der Waals surface area contributed by atoms with Gasteiger partial charge in [0.15, 0.2) is 11.0 Å². The Hall–Kier alpha value is -1.98. The van der Waals surface area contributed by atoms with Crippen LogP contribution in [0.3, 0.4) is 0 Å². The van der Waals surface area contributed by atoms with E-state index in [1.54, 1.807) is 11.8 Å². The number of rotatable bonds is 6. The third kappa shape index (κ3) is 3.86. The van der Waals surface area contributed by atoms with Gasteiger partial charge in [0.05, 0.1) is 6.54 Å². The summed E-state index contributed by atoms with van der Waals surface area (Å²) in [5.41, 5.74) is 2.07. The molecule has 1 aromatic heterocycles. The summed E-state index contributed by atoms with van der Waals surface area (Å²) in [6.07, 6.45) is 0. The number of thioether (sulfide) groups is 1. The Labute approximate surface area is 144 Å². The van der Waals surface area contributed by atoms with E-state index in [1.165, 1.54) is 0 Å². The Bertz CT molecular complexity index is 756. The van der Waals surface area contributed by atoms with Crippen molar-refractivity contribution in [3.8, 4) is 5.69 Å². The molecular formula is C17H17ClN4S. The average Bonchev–Trinajstić information content (AvgIpc) is 2.98. The van der Waals surface area contributed by atoms with Crippen molar-refractivity contribution in [2.45, 2.75) is 18.6 Å². The van der Waals surface area contributed by atoms with Gasteiger partial charge in [0.2, 0.25) is 0 Å². The van der Waals surface area contributed by atoms with Crippen molar-refractivity contribution in [3.63, 3.8) is 0 Å². The van der Waals surface area contributed by atoms with E-state index < -0.39 is 0 Å². The highest BCUT2D eigenvalue weighted by atomic mass is 35.5. The zero-order valence-corrected chi connectivity index (χ0v) is 14.3. The largest absolute Gasteiger partial charge is 0.378 e. The van der Waals surface area contributed by atoms with E-state index in [-0.39, 0.29) is 0 Å². The van der Waals surface area contributed by atoms with Gasteiger partial charge >= 0.3 is 0 Å². The quantitative estimate of drug-likeness (QED) is 0.661. The zero-order valence-electron chi connectivity index (χ0n) is 12.7. The Morgan fingerprint density at radius 2 is 1.78 bits per heavy atom. The lowest BCUT2D eigenvalue weighted by molar-refractivity contribution is 0.841. The SMILES string of the molecule is CCSc1nnc(CNc2ccc(Cl)cc2)n1-c1ccccc1. The van der Waals surface area contributed by atoms with E-state index in [1.807, 2.05) is 42.5 Å². The van der Waals surface area contributed by atoms with E-state index >= 15 is 0 Å². The van der Waals surface area contributed by atoms with Gasteiger partial charge in [0, 0.05) is 16.4 Å². The molecule has 0 spiro atoms. The van der Waals surface area contributed by atoms with Crippen molar-refractivity contribution in [2.24, 2.45) is 0 Å². The van der Waals surface area contributed by atoms with Crippen molar-refractivity contribution in [1.29, 1.82) is 0 Å². The minimum absolute atomic E-state index is 0.591. The number of hydrogen-bond acceptors (Lipinski definition) is 4. The summed E-state index contributed by atoms with van der Waals surface area (Å²) in [5, 5.41) is 13.7. The molecule has 1 heterocycles. The Morgan fingerprint density at radius 1 is 1.04 bits per heavy atom. The summed E-state index contributed by atoms with van der Waals surface area (Å²) in [7, 11) is 0. The Balaban J connectivity index is 1.85. The molecule has 23 heavy (non-hydrogen) atoms. The molecule has 6 heteroatoms. The summed E-state index contributed by atoms with van der Waals surface area (Å²) in [6, 6.07) is 17.8. The van der Waals surface area contributed by atoms with E-state index in [0.717, 1.165) is 33.1 Å². The normalized spacial score (nSPS) is 10.7. The second kappa shape index (κ2) is 7.53. The summed E-state index contributed by atoms with van der Waals surface area (Å²) in [6.45, 7) is 2.70. The molecule has 3 aromatic rings. The second-order valence-electron chi connectivity index (χ2n) is 4.86. The molecule has 0 amide bonds. The third-order valence-corrected chi connectivity index (χ3v) is 4.35. The lowest BCUT2D eigenvalue weighted by Gasteiger charge is -2.11. The summed E-state index contributed by atoms with van der Waals surface area (Å²) in [4.78, 5) is 0. The number of halogens is 1. The maximum absolute atomic E-state index is 5.92. The van der Waals surface area contributed by atoms with Gasteiger partial charge in [0.25, 0.3) is 0 Å². The first-order valence-electron chi connectivity index (χ1n) is 7.40. The van der Waals surface area contributed by atoms with Crippen LogP contribution in [0.2, 0.25) is 5.02 Å². The van der Waals surface area contributed by atoms with Crippen LogP contribution in [0.5, 0.6) is 0 Å². The van der Waals surface area contributed by atoms with Crippen LogP contribution in [-0.4, -0.2) is 20.5 Å². The highest BCUT2D eigenvalue weighted by Gasteiger charge is 2.13. The van der Waals surface area contributed by atoms with Crippen LogP contribution in [0.25, 0.3) is 5.69 Å². The molecule has 0 aliphatic rings. The second-order valence-corrected chi connectivity index (χ2v) is 6.53. The van der Waals surface area contributed by atoms with E-state index in [9.17, 15) is 0 Å². The Morgan fingerprint density at radius 3 is 2.48 bits per heavy atom. The minimum Gasteiger partial charge on any atom is -0.378 e. The van der Waals surface area contributed by atoms with E-state index in [4.69, 9.17) is 11.6 Å². The molecule has 0 radical (unpaired) electrons. The summed E-state index contributed by atoms with van der Waals surface area (Å²) >= 11 is 7.60. The van der Waals surface area contributed by atoms with Crippen molar-refractivity contribution >= 4 is 29.1 Å². The number of benzene rings is 2. The highest BCUT2D eigenvalue weighted by Crippen LogP contribution is 2.22. The van der Waals surface area contributed by atoms with Crippen molar-refractivity contribution < 1.29 is 0 Å². The molecule has 0 unspecified atom stereocenters. The molecule has 118 valence electrons. The molecule has 0 aliphatic carbocycles. The van der Waals surface area contributed by atoms with Crippen LogP contribution < -0.4 is 5.32 Å². The van der Waals surface area contributed by atoms with Crippen molar-refractivity contribution in [3.05, 3.63) is 65.4 Å². The number of para-hydroxylation sites is 1. The topological polar surface area (TPSA) is 42.7 Å². The van der Waals surface area contributed by atoms with Gasteiger partial charge in [-0.05, 0) is 42.2 Å². The lowest BCUT2D eigenvalue weighted by Crippen LogP contribution is -2.08. The van der Waals surface area contributed by atoms with Crippen LogP contribution in [-0.2, 0) is 6.54 Å². The van der Waals surface area contributed by atoms with Crippen molar-refractivity contribution in [1.82, 2.24) is 14.8 Å². The molecule has 0 atom stereocenters. The van der Waals surface area contributed by atoms with Crippen LogP contribution in [0.4, 0.5) is 5.69 Å². The predicted molar refractivity (Wildman–Crippen MR) is 96.5 cm³/mol. The molecule has 0 saturated carbocycles. The highest BCUT2D eigenvalue weighted by molar-refractivity contribution is 7.99.